The van der Waals surface area contributed by atoms with Gasteiger partial charge in [-0.1, -0.05) is 63.2 Å². The third-order valence-corrected chi connectivity index (χ3v) is 5.89. The molecule has 4 nitrogen and oxygen atoms in total. The highest BCUT2D eigenvalue weighted by Gasteiger charge is 2.21. The van der Waals surface area contributed by atoms with Gasteiger partial charge in [-0.15, -0.1) is 0 Å². The molecule has 6 heteroatoms. The molecule has 0 aliphatic heterocycles. The molecule has 0 saturated heterocycles. The van der Waals surface area contributed by atoms with E-state index in [0.717, 1.165) is 31.5 Å². The number of carbonyl (C=O) groups is 1. The van der Waals surface area contributed by atoms with Crippen LogP contribution in [0.2, 0.25) is 0 Å². The van der Waals surface area contributed by atoms with Gasteiger partial charge < -0.3 is 0 Å². The molecule has 28 heavy (non-hydrogen) atoms. The predicted octanol–water partition coefficient (Wildman–Crippen LogP) is 5.54. The Morgan fingerprint density at radius 2 is 2.00 bits per heavy atom. The van der Waals surface area contributed by atoms with E-state index >= 15 is 0 Å². The molecule has 140 valence electrons. The fraction of sp³-hybridized carbons (Fsp3) is 0.136. The molecule has 0 unspecified atom stereocenters. The van der Waals surface area contributed by atoms with Gasteiger partial charge in [-0.3, -0.25) is 14.7 Å². The minimum Gasteiger partial charge on any atom is -0.282 e. The van der Waals surface area contributed by atoms with Crippen LogP contribution in [-0.2, 0) is 17.8 Å². The van der Waals surface area contributed by atoms with E-state index in [4.69, 9.17) is 4.98 Å². The number of pyridine rings is 1. The second-order valence-electron chi connectivity index (χ2n) is 6.58. The number of hydrogen-bond donors (Lipinski definition) is 0. The maximum atomic E-state index is 13.2. The average Bonchev–Trinajstić information content (AvgIpc) is 3.09. The molecule has 4 aromatic rings. The smallest absolute Gasteiger partial charge is 0.233 e. The molecule has 0 radical (unpaired) electrons. The lowest BCUT2D eigenvalue weighted by Gasteiger charge is -2.19. The Bertz CT molecular complexity index is 1130. The second kappa shape index (κ2) is 8.20. The number of amides is 1. The van der Waals surface area contributed by atoms with E-state index in [1.54, 1.807) is 11.1 Å². The number of halogens is 1. The molecule has 4 rings (SSSR count). The molecule has 2 heterocycles. The van der Waals surface area contributed by atoms with Crippen LogP contribution in [0, 0.1) is 6.92 Å². The minimum absolute atomic E-state index is 0.00868. The summed E-state index contributed by atoms with van der Waals surface area (Å²) in [5, 5.41) is 0.691. The third kappa shape index (κ3) is 4.29. The Kier molecular flexibility index (Phi) is 5.50. The van der Waals surface area contributed by atoms with E-state index < -0.39 is 0 Å². The molecular formula is C22H18BrN3OS. The highest BCUT2D eigenvalue weighted by atomic mass is 79.9. The van der Waals surface area contributed by atoms with Crippen molar-refractivity contribution in [1.29, 1.82) is 0 Å². The van der Waals surface area contributed by atoms with Crippen molar-refractivity contribution in [1.82, 2.24) is 9.97 Å². The lowest BCUT2D eigenvalue weighted by atomic mass is 10.1. The van der Waals surface area contributed by atoms with E-state index in [2.05, 4.69) is 20.9 Å². The Hall–Kier alpha value is -2.57. The second-order valence-corrected chi connectivity index (χ2v) is 8.50. The summed E-state index contributed by atoms with van der Waals surface area (Å²) in [6.07, 6.45) is 2.07. The zero-order valence-corrected chi connectivity index (χ0v) is 17.7. The topological polar surface area (TPSA) is 46.1 Å². The van der Waals surface area contributed by atoms with Crippen molar-refractivity contribution in [2.45, 2.75) is 19.9 Å². The summed E-state index contributed by atoms with van der Waals surface area (Å²) in [5.74, 6) is 0.00868. The zero-order chi connectivity index (χ0) is 19.5. The maximum Gasteiger partial charge on any atom is 0.233 e. The summed E-state index contributed by atoms with van der Waals surface area (Å²) < 4.78 is 2.04. The molecule has 0 spiro atoms. The van der Waals surface area contributed by atoms with Crippen molar-refractivity contribution in [3.05, 3.63) is 88.2 Å². The molecule has 0 aliphatic rings. The zero-order valence-electron chi connectivity index (χ0n) is 15.3. The van der Waals surface area contributed by atoms with Crippen LogP contribution in [0.3, 0.4) is 0 Å². The van der Waals surface area contributed by atoms with E-state index in [1.165, 1.54) is 11.3 Å². The van der Waals surface area contributed by atoms with Gasteiger partial charge in [0.2, 0.25) is 5.91 Å². The molecule has 2 aromatic heterocycles. The van der Waals surface area contributed by atoms with Gasteiger partial charge in [-0.25, -0.2) is 4.98 Å². The molecule has 0 N–H and O–H groups in total. The van der Waals surface area contributed by atoms with Crippen molar-refractivity contribution >= 4 is 48.5 Å². The van der Waals surface area contributed by atoms with Gasteiger partial charge in [0.15, 0.2) is 5.13 Å². The van der Waals surface area contributed by atoms with Crippen LogP contribution >= 0.6 is 27.3 Å². The first-order chi connectivity index (χ1) is 13.6. The fourth-order valence-electron chi connectivity index (χ4n) is 3.01. The first kappa shape index (κ1) is 18.8. The number of aromatic nitrogens is 2. The number of thiazole rings is 1. The Labute approximate surface area is 176 Å². The standard InChI is InChI=1S/C22H18BrN3OS/c1-15-5-4-6-16(11-15)12-21(27)26(14-18-7-2-3-10-24-18)22-25-19-9-8-17(23)13-20(19)28-22/h2-11,13H,12,14H2,1H3. The maximum absolute atomic E-state index is 13.2. The molecule has 1 amide bonds. The summed E-state index contributed by atoms with van der Waals surface area (Å²) in [6.45, 7) is 2.43. The van der Waals surface area contributed by atoms with Crippen LogP contribution < -0.4 is 4.90 Å². The van der Waals surface area contributed by atoms with Crippen LogP contribution in [-0.4, -0.2) is 15.9 Å². The fourth-order valence-corrected chi connectivity index (χ4v) is 4.54. The van der Waals surface area contributed by atoms with E-state index in [0.29, 0.717) is 18.1 Å². The SMILES string of the molecule is Cc1cccc(CC(=O)N(Cc2ccccn2)c2nc3ccc(Br)cc3s2)c1. The first-order valence-corrected chi connectivity index (χ1v) is 10.5. The lowest BCUT2D eigenvalue weighted by molar-refractivity contribution is -0.118. The van der Waals surface area contributed by atoms with Gasteiger partial charge in [0.1, 0.15) is 0 Å². The monoisotopic (exact) mass is 451 g/mol. The van der Waals surface area contributed by atoms with Crippen LogP contribution in [0.25, 0.3) is 10.2 Å². The van der Waals surface area contributed by atoms with Crippen LogP contribution in [0.5, 0.6) is 0 Å². The van der Waals surface area contributed by atoms with Gasteiger partial charge in [-0.05, 0) is 42.8 Å². The number of benzene rings is 2. The average molecular weight is 452 g/mol. The lowest BCUT2D eigenvalue weighted by Crippen LogP contribution is -2.32. The summed E-state index contributed by atoms with van der Waals surface area (Å²) in [5.41, 5.74) is 3.87. The number of hydrogen-bond acceptors (Lipinski definition) is 4. The van der Waals surface area contributed by atoms with Crippen molar-refractivity contribution in [2.75, 3.05) is 4.90 Å². The number of carbonyl (C=O) groups excluding carboxylic acids is 1. The van der Waals surface area contributed by atoms with Gasteiger partial charge in [-0.2, -0.15) is 0 Å². The third-order valence-electron chi connectivity index (χ3n) is 4.36. The number of fused-ring (bicyclic) bond motifs is 1. The molecule has 0 fully saturated rings. The van der Waals surface area contributed by atoms with E-state index in [9.17, 15) is 4.79 Å². The summed E-state index contributed by atoms with van der Waals surface area (Å²) in [6, 6.07) is 19.7. The molecule has 0 bridgehead atoms. The van der Waals surface area contributed by atoms with E-state index in [1.807, 2.05) is 67.6 Å². The largest absolute Gasteiger partial charge is 0.282 e. The van der Waals surface area contributed by atoms with Crippen molar-refractivity contribution in [2.24, 2.45) is 0 Å². The normalized spacial score (nSPS) is 10.9. The first-order valence-electron chi connectivity index (χ1n) is 8.90. The number of aryl methyl sites for hydroxylation is 1. The highest BCUT2D eigenvalue weighted by molar-refractivity contribution is 9.10. The van der Waals surface area contributed by atoms with Crippen molar-refractivity contribution < 1.29 is 4.79 Å². The molecule has 0 aliphatic carbocycles. The Morgan fingerprint density at radius 3 is 2.79 bits per heavy atom. The molecule has 0 atom stereocenters. The molecule has 0 saturated carbocycles. The van der Waals surface area contributed by atoms with Crippen LogP contribution in [0.4, 0.5) is 5.13 Å². The summed E-state index contributed by atoms with van der Waals surface area (Å²) >= 11 is 5.02. The Balaban J connectivity index is 1.68. The minimum atomic E-state index is 0.00868. The van der Waals surface area contributed by atoms with Gasteiger partial charge in [0.25, 0.3) is 0 Å². The Morgan fingerprint density at radius 1 is 1.11 bits per heavy atom. The summed E-state index contributed by atoms with van der Waals surface area (Å²) in [7, 11) is 0. The number of rotatable bonds is 5. The van der Waals surface area contributed by atoms with Gasteiger partial charge >= 0.3 is 0 Å². The van der Waals surface area contributed by atoms with Gasteiger partial charge in [0, 0.05) is 10.7 Å². The van der Waals surface area contributed by atoms with Gasteiger partial charge in [0.05, 0.1) is 28.9 Å². The van der Waals surface area contributed by atoms with E-state index in [-0.39, 0.29) is 5.91 Å². The number of nitrogens with zero attached hydrogens (tertiary/aromatic N) is 3. The highest BCUT2D eigenvalue weighted by Crippen LogP contribution is 2.32. The quantitative estimate of drug-likeness (QED) is 0.400. The molecular weight excluding hydrogens is 434 g/mol. The van der Waals surface area contributed by atoms with Crippen LogP contribution in [0.15, 0.2) is 71.3 Å². The van der Waals surface area contributed by atoms with Crippen LogP contribution in [0.1, 0.15) is 16.8 Å². The summed E-state index contributed by atoms with van der Waals surface area (Å²) in [4.78, 5) is 24.1. The predicted molar refractivity (Wildman–Crippen MR) is 118 cm³/mol. The van der Waals surface area contributed by atoms with Crippen molar-refractivity contribution in [3.8, 4) is 0 Å². The molecule has 2 aromatic carbocycles. The van der Waals surface area contributed by atoms with Crippen molar-refractivity contribution in [3.63, 3.8) is 0 Å². The number of anilines is 1.